The van der Waals surface area contributed by atoms with Crippen LogP contribution in [0.4, 0.5) is 5.69 Å². The molecule has 0 aromatic heterocycles. The van der Waals surface area contributed by atoms with Crippen molar-refractivity contribution in [2.75, 3.05) is 7.11 Å². The van der Waals surface area contributed by atoms with Crippen LogP contribution in [-0.4, -0.2) is 30.5 Å². The summed E-state index contributed by atoms with van der Waals surface area (Å²) < 4.78 is 10.9. The molecule has 2 aromatic rings. The minimum atomic E-state index is -1.04. The summed E-state index contributed by atoms with van der Waals surface area (Å²) in [7, 11) is 1.52. The van der Waals surface area contributed by atoms with Crippen LogP contribution in [-0.2, 0) is 4.79 Å². The molecule has 0 spiro atoms. The van der Waals surface area contributed by atoms with Gasteiger partial charge in [-0.1, -0.05) is 32.0 Å². The highest BCUT2D eigenvalue weighted by molar-refractivity contribution is 5.87. The number of carbonyl (C=O) groups is 1. The third-order valence-electron chi connectivity index (χ3n) is 4.30. The van der Waals surface area contributed by atoms with E-state index in [9.17, 15) is 4.79 Å². The number of para-hydroxylation sites is 1. The summed E-state index contributed by atoms with van der Waals surface area (Å²) in [6.07, 6.45) is 1.76. The Balaban J connectivity index is 2.27. The fourth-order valence-electron chi connectivity index (χ4n) is 2.42. The molecule has 1 N–H and O–H groups in total. The van der Waals surface area contributed by atoms with Gasteiger partial charge in [0.25, 0.3) is 0 Å². The zero-order valence-electron chi connectivity index (χ0n) is 15.6. The molecular weight excluding hydrogens is 330 g/mol. The lowest BCUT2D eigenvalue weighted by Crippen LogP contribution is -2.23. The number of carboxylic acids is 1. The first-order valence-electron chi connectivity index (χ1n) is 8.66. The minimum Gasteiger partial charge on any atom is -0.493 e. The zero-order chi connectivity index (χ0) is 19.1. The van der Waals surface area contributed by atoms with Gasteiger partial charge in [0.05, 0.1) is 12.8 Å². The second kappa shape index (κ2) is 9.04. The minimum absolute atomic E-state index is 0.366. The van der Waals surface area contributed by atoms with Gasteiger partial charge in [-0.3, -0.25) is 4.99 Å². The third-order valence-corrected chi connectivity index (χ3v) is 4.30. The van der Waals surface area contributed by atoms with E-state index in [1.54, 1.807) is 12.3 Å². The second-order valence-electron chi connectivity index (χ2n) is 6.14. The Morgan fingerprint density at radius 2 is 1.88 bits per heavy atom. The van der Waals surface area contributed by atoms with E-state index >= 15 is 0 Å². The Morgan fingerprint density at radius 1 is 1.19 bits per heavy atom. The molecule has 138 valence electrons. The summed E-state index contributed by atoms with van der Waals surface area (Å²) in [5.41, 5.74) is 2.76. The molecule has 2 aromatic carbocycles. The molecule has 0 saturated heterocycles. The largest absolute Gasteiger partial charge is 0.493 e. The molecule has 2 atom stereocenters. The van der Waals surface area contributed by atoms with Gasteiger partial charge in [-0.25, -0.2) is 4.79 Å². The quantitative estimate of drug-likeness (QED) is 0.690. The Hall–Kier alpha value is -2.82. The smallest absolute Gasteiger partial charge is 0.344 e. The SMILES string of the molecule is CC[C@H](C)c1ccc(N=Cc2cccc(OC)c2O[C@H](C)C(=O)O)cc1. The van der Waals surface area contributed by atoms with Crippen molar-refractivity contribution in [3.8, 4) is 11.5 Å². The Morgan fingerprint density at radius 3 is 2.46 bits per heavy atom. The van der Waals surface area contributed by atoms with Crippen molar-refractivity contribution in [3.05, 3.63) is 53.6 Å². The van der Waals surface area contributed by atoms with Crippen molar-refractivity contribution >= 4 is 17.9 Å². The van der Waals surface area contributed by atoms with Crippen molar-refractivity contribution < 1.29 is 19.4 Å². The number of aliphatic imine (C=N–C) groups is 1. The van der Waals surface area contributed by atoms with Gasteiger partial charge in [-0.15, -0.1) is 0 Å². The van der Waals surface area contributed by atoms with Gasteiger partial charge in [0.1, 0.15) is 0 Å². The molecule has 0 aliphatic heterocycles. The highest BCUT2D eigenvalue weighted by atomic mass is 16.5. The summed E-state index contributed by atoms with van der Waals surface area (Å²) >= 11 is 0. The fraction of sp³-hybridized carbons (Fsp3) is 0.333. The normalized spacial score (nSPS) is 13.4. The van der Waals surface area contributed by atoms with E-state index in [1.165, 1.54) is 19.6 Å². The number of hydrogen-bond acceptors (Lipinski definition) is 4. The number of nitrogens with zero attached hydrogens (tertiary/aromatic N) is 1. The number of methoxy groups -OCH3 is 1. The zero-order valence-corrected chi connectivity index (χ0v) is 15.6. The van der Waals surface area contributed by atoms with Crippen molar-refractivity contribution in [2.24, 2.45) is 4.99 Å². The third kappa shape index (κ3) is 4.85. The van der Waals surface area contributed by atoms with E-state index in [0.29, 0.717) is 23.0 Å². The molecule has 0 bridgehead atoms. The second-order valence-corrected chi connectivity index (χ2v) is 6.14. The molecule has 0 fully saturated rings. The van der Waals surface area contributed by atoms with E-state index in [4.69, 9.17) is 14.6 Å². The van der Waals surface area contributed by atoms with Crippen LogP contribution >= 0.6 is 0 Å². The van der Waals surface area contributed by atoms with Crippen LogP contribution in [0, 0.1) is 0 Å². The van der Waals surface area contributed by atoms with Gasteiger partial charge >= 0.3 is 5.97 Å². The molecule has 0 unspecified atom stereocenters. The first-order chi connectivity index (χ1) is 12.5. The van der Waals surface area contributed by atoms with Gasteiger partial charge in [-0.2, -0.15) is 0 Å². The van der Waals surface area contributed by atoms with E-state index in [-0.39, 0.29) is 0 Å². The number of rotatable bonds is 8. The van der Waals surface area contributed by atoms with Crippen LogP contribution in [0.1, 0.15) is 44.2 Å². The number of benzene rings is 2. The predicted molar refractivity (Wildman–Crippen MR) is 103 cm³/mol. The summed E-state index contributed by atoms with van der Waals surface area (Å²) in [6, 6.07) is 13.4. The standard InChI is InChI=1S/C21H25NO4/c1-5-14(2)16-9-11-18(12-10-16)22-13-17-7-6-8-19(25-4)20(17)26-15(3)21(23)24/h6-15H,5H2,1-4H3,(H,23,24)/t14-,15+/m0/s1. The van der Waals surface area contributed by atoms with E-state index in [2.05, 4.69) is 31.0 Å². The van der Waals surface area contributed by atoms with Crippen molar-refractivity contribution in [1.29, 1.82) is 0 Å². The molecule has 2 rings (SSSR count). The summed E-state index contributed by atoms with van der Waals surface area (Å²) in [5.74, 6) is 0.308. The van der Waals surface area contributed by atoms with Crippen molar-refractivity contribution in [1.82, 2.24) is 0 Å². The highest BCUT2D eigenvalue weighted by Crippen LogP contribution is 2.31. The van der Waals surface area contributed by atoms with Gasteiger partial charge in [0, 0.05) is 11.8 Å². The molecule has 0 saturated carbocycles. The summed E-state index contributed by atoms with van der Waals surface area (Å²) in [6.45, 7) is 5.84. The maximum Gasteiger partial charge on any atom is 0.344 e. The molecular formula is C21H25NO4. The monoisotopic (exact) mass is 355 g/mol. The fourth-order valence-corrected chi connectivity index (χ4v) is 2.42. The average molecular weight is 355 g/mol. The van der Waals surface area contributed by atoms with Crippen LogP contribution in [0.25, 0.3) is 0 Å². The van der Waals surface area contributed by atoms with Gasteiger partial charge in [-0.05, 0) is 49.1 Å². The first-order valence-corrected chi connectivity index (χ1v) is 8.66. The molecule has 0 amide bonds. The van der Waals surface area contributed by atoms with Crippen LogP contribution < -0.4 is 9.47 Å². The van der Waals surface area contributed by atoms with Gasteiger partial charge in [0.15, 0.2) is 17.6 Å². The molecule has 5 nitrogen and oxygen atoms in total. The molecule has 0 aliphatic rings. The maximum atomic E-state index is 11.1. The molecule has 0 radical (unpaired) electrons. The number of hydrogen-bond donors (Lipinski definition) is 1. The Labute approximate surface area is 154 Å². The topological polar surface area (TPSA) is 68.1 Å². The van der Waals surface area contributed by atoms with Crippen LogP contribution in [0.3, 0.4) is 0 Å². The molecule has 5 heteroatoms. The van der Waals surface area contributed by atoms with E-state index in [1.807, 2.05) is 24.3 Å². The lowest BCUT2D eigenvalue weighted by atomic mass is 9.99. The number of carboxylic acid groups (broad SMARTS) is 1. The van der Waals surface area contributed by atoms with Crippen molar-refractivity contribution in [2.45, 2.75) is 39.2 Å². The maximum absolute atomic E-state index is 11.1. The molecule has 0 heterocycles. The van der Waals surface area contributed by atoms with E-state index < -0.39 is 12.1 Å². The van der Waals surface area contributed by atoms with Gasteiger partial charge in [0.2, 0.25) is 0 Å². The lowest BCUT2D eigenvalue weighted by Gasteiger charge is -2.15. The predicted octanol–water partition coefficient (Wildman–Crippen LogP) is 4.81. The first kappa shape index (κ1) is 19.5. The molecule has 0 aliphatic carbocycles. The summed E-state index contributed by atoms with van der Waals surface area (Å²) in [5, 5.41) is 9.10. The summed E-state index contributed by atoms with van der Waals surface area (Å²) in [4.78, 5) is 15.6. The van der Waals surface area contributed by atoms with Gasteiger partial charge < -0.3 is 14.6 Å². The van der Waals surface area contributed by atoms with Crippen molar-refractivity contribution in [3.63, 3.8) is 0 Å². The van der Waals surface area contributed by atoms with Crippen LogP contribution in [0.5, 0.6) is 11.5 Å². The number of aliphatic carboxylic acids is 1. The lowest BCUT2D eigenvalue weighted by molar-refractivity contribution is -0.144. The Kier molecular flexibility index (Phi) is 6.78. The van der Waals surface area contributed by atoms with Crippen LogP contribution in [0.2, 0.25) is 0 Å². The van der Waals surface area contributed by atoms with E-state index in [0.717, 1.165) is 12.1 Å². The molecule has 26 heavy (non-hydrogen) atoms. The van der Waals surface area contributed by atoms with Crippen LogP contribution in [0.15, 0.2) is 47.5 Å². The average Bonchev–Trinajstić information content (AvgIpc) is 2.66. The highest BCUT2D eigenvalue weighted by Gasteiger charge is 2.17. The Bertz CT molecular complexity index is 768. The number of ether oxygens (including phenoxy) is 2.